The van der Waals surface area contributed by atoms with Gasteiger partial charge in [0.2, 0.25) is 0 Å². The molecule has 2 aliphatic rings. The number of rotatable bonds is 6. The van der Waals surface area contributed by atoms with Crippen molar-refractivity contribution in [1.82, 2.24) is 19.9 Å². The van der Waals surface area contributed by atoms with Crippen LogP contribution in [-0.2, 0) is 4.74 Å². The molecule has 0 radical (unpaired) electrons. The number of aromatic amines is 1. The fraction of sp³-hybridized carbons (Fsp3) is 0.407. The molecular weight excluding hydrogens is 428 g/mol. The SMILES string of the molecule is C=C(C=CC=CC)C1N(C2CCC(c3c[nH]c(=O)c(-c4ncccn4)c3)CC2)C(=O)OC1(C)C. The number of aromatic nitrogens is 3. The fourth-order valence-corrected chi connectivity index (χ4v) is 5.17. The molecule has 1 atom stereocenters. The zero-order chi connectivity index (χ0) is 24.3. The van der Waals surface area contributed by atoms with Crippen molar-refractivity contribution in [3.05, 3.63) is 83.1 Å². The molecule has 0 spiro atoms. The first-order valence-electron chi connectivity index (χ1n) is 11.8. The van der Waals surface area contributed by atoms with E-state index in [1.54, 1.807) is 24.7 Å². The molecule has 34 heavy (non-hydrogen) atoms. The van der Waals surface area contributed by atoms with Crippen LogP contribution in [0.25, 0.3) is 11.4 Å². The highest BCUT2D eigenvalue weighted by Crippen LogP contribution is 2.41. The fourth-order valence-electron chi connectivity index (χ4n) is 5.17. The molecule has 1 saturated carbocycles. The lowest BCUT2D eigenvalue weighted by Gasteiger charge is -2.38. The number of hydrogen-bond acceptors (Lipinski definition) is 5. The molecular formula is C27H32N4O3. The van der Waals surface area contributed by atoms with Gasteiger partial charge in [0.05, 0.1) is 11.6 Å². The molecule has 3 heterocycles. The average molecular weight is 461 g/mol. The highest BCUT2D eigenvalue weighted by molar-refractivity contribution is 5.73. The Kier molecular flexibility index (Phi) is 6.82. The van der Waals surface area contributed by atoms with Crippen molar-refractivity contribution in [3.8, 4) is 11.4 Å². The van der Waals surface area contributed by atoms with Crippen molar-refractivity contribution in [3.63, 3.8) is 0 Å². The van der Waals surface area contributed by atoms with E-state index < -0.39 is 5.60 Å². The molecule has 1 saturated heterocycles. The number of ether oxygens (including phenoxy) is 1. The molecule has 4 rings (SSSR count). The van der Waals surface area contributed by atoms with Gasteiger partial charge in [-0.2, -0.15) is 0 Å². The van der Waals surface area contributed by atoms with Crippen LogP contribution in [0.5, 0.6) is 0 Å². The standard InChI is InChI=1S/C27H32N4O3/c1-5-6-7-9-18(2)23-27(3,4)34-26(33)31(23)21-12-10-19(11-13-21)20-16-22(25(32)30-17-20)24-28-14-8-15-29-24/h5-9,14-17,19,21,23H,2,10-13H2,1,3-4H3,(H,30,32). The molecule has 2 fully saturated rings. The summed E-state index contributed by atoms with van der Waals surface area (Å²) in [5.41, 5.74) is 1.58. The number of H-pyrrole nitrogens is 1. The number of hydrogen-bond donors (Lipinski definition) is 1. The van der Waals surface area contributed by atoms with Crippen LogP contribution >= 0.6 is 0 Å². The van der Waals surface area contributed by atoms with Crippen LogP contribution in [0.15, 0.2) is 72.0 Å². The Hall–Kier alpha value is -3.48. The van der Waals surface area contributed by atoms with Crippen LogP contribution in [0.4, 0.5) is 4.79 Å². The minimum absolute atomic E-state index is 0.0853. The minimum atomic E-state index is -0.644. The zero-order valence-corrected chi connectivity index (χ0v) is 20.0. The van der Waals surface area contributed by atoms with E-state index in [9.17, 15) is 9.59 Å². The van der Waals surface area contributed by atoms with E-state index >= 15 is 0 Å². The molecule has 1 aliphatic heterocycles. The van der Waals surface area contributed by atoms with Crippen LogP contribution < -0.4 is 5.56 Å². The van der Waals surface area contributed by atoms with Gasteiger partial charge in [-0.1, -0.05) is 30.9 Å². The van der Waals surface area contributed by atoms with E-state index in [2.05, 4.69) is 21.5 Å². The summed E-state index contributed by atoms with van der Waals surface area (Å²) in [4.78, 5) is 38.5. The first kappa shape index (κ1) is 23.7. The Morgan fingerprint density at radius 3 is 2.56 bits per heavy atom. The topological polar surface area (TPSA) is 88.2 Å². The Morgan fingerprint density at radius 1 is 1.18 bits per heavy atom. The second kappa shape index (κ2) is 9.79. The van der Waals surface area contributed by atoms with Crippen molar-refractivity contribution in [2.24, 2.45) is 0 Å². The second-order valence-corrected chi connectivity index (χ2v) is 9.49. The molecule has 7 nitrogen and oxygen atoms in total. The molecule has 2 aromatic heterocycles. The molecule has 1 aliphatic carbocycles. The molecule has 1 N–H and O–H groups in total. The van der Waals surface area contributed by atoms with Gasteiger partial charge >= 0.3 is 6.09 Å². The van der Waals surface area contributed by atoms with Gasteiger partial charge in [0.1, 0.15) is 5.60 Å². The number of cyclic esters (lactones) is 1. The van der Waals surface area contributed by atoms with Crippen molar-refractivity contribution < 1.29 is 9.53 Å². The number of pyridine rings is 1. The van der Waals surface area contributed by atoms with E-state index in [-0.39, 0.29) is 23.7 Å². The van der Waals surface area contributed by atoms with Crippen LogP contribution in [0.2, 0.25) is 0 Å². The molecule has 1 amide bonds. The van der Waals surface area contributed by atoms with Gasteiger partial charge in [-0.15, -0.1) is 0 Å². The maximum atomic E-state index is 12.9. The summed E-state index contributed by atoms with van der Waals surface area (Å²) in [6.07, 6.45) is 16.1. The summed E-state index contributed by atoms with van der Waals surface area (Å²) >= 11 is 0. The van der Waals surface area contributed by atoms with E-state index in [1.807, 2.05) is 56.0 Å². The predicted octanol–water partition coefficient (Wildman–Crippen LogP) is 5.15. The molecule has 0 aromatic carbocycles. The van der Waals surface area contributed by atoms with Gasteiger partial charge in [-0.3, -0.25) is 9.69 Å². The van der Waals surface area contributed by atoms with Crippen LogP contribution in [-0.4, -0.2) is 43.6 Å². The van der Waals surface area contributed by atoms with Gasteiger partial charge < -0.3 is 9.72 Å². The van der Waals surface area contributed by atoms with Crippen molar-refractivity contribution >= 4 is 6.09 Å². The maximum absolute atomic E-state index is 12.9. The molecule has 7 heteroatoms. The van der Waals surface area contributed by atoms with Gasteiger partial charge in [-0.25, -0.2) is 14.8 Å². The largest absolute Gasteiger partial charge is 0.441 e. The number of allylic oxidation sites excluding steroid dienone is 3. The van der Waals surface area contributed by atoms with Gasteiger partial charge in [0, 0.05) is 24.6 Å². The quantitative estimate of drug-likeness (QED) is 0.603. The first-order valence-corrected chi connectivity index (χ1v) is 11.8. The van der Waals surface area contributed by atoms with E-state index in [0.29, 0.717) is 17.3 Å². The minimum Gasteiger partial charge on any atom is -0.441 e. The summed E-state index contributed by atoms with van der Waals surface area (Å²) < 4.78 is 5.76. The Morgan fingerprint density at radius 2 is 1.88 bits per heavy atom. The third-order valence-corrected chi connectivity index (χ3v) is 6.76. The van der Waals surface area contributed by atoms with E-state index in [4.69, 9.17) is 4.74 Å². The molecule has 178 valence electrons. The summed E-state index contributed by atoms with van der Waals surface area (Å²) in [5.74, 6) is 0.715. The van der Waals surface area contributed by atoms with Crippen molar-refractivity contribution in [1.29, 1.82) is 0 Å². The predicted molar refractivity (Wildman–Crippen MR) is 132 cm³/mol. The van der Waals surface area contributed by atoms with Gasteiger partial charge in [-0.05, 0) is 75.6 Å². The third kappa shape index (κ3) is 4.74. The lowest BCUT2D eigenvalue weighted by atomic mass is 9.80. The van der Waals surface area contributed by atoms with Crippen LogP contribution in [0.3, 0.4) is 0 Å². The second-order valence-electron chi connectivity index (χ2n) is 9.49. The highest BCUT2D eigenvalue weighted by Gasteiger charge is 2.51. The van der Waals surface area contributed by atoms with Crippen molar-refractivity contribution in [2.45, 2.75) is 70.1 Å². The van der Waals surface area contributed by atoms with E-state index in [1.165, 1.54) is 0 Å². The Balaban J connectivity index is 1.50. The number of nitrogens with zero attached hydrogens (tertiary/aromatic N) is 3. The number of carbonyl (C=O) groups excluding carboxylic acids is 1. The first-order chi connectivity index (χ1) is 16.3. The third-order valence-electron chi connectivity index (χ3n) is 6.76. The average Bonchev–Trinajstić information content (AvgIpc) is 3.08. The van der Waals surface area contributed by atoms with Crippen molar-refractivity contribution in [2.75, 3.05) is 0 Å². The number of amides is 1. The highest BCUT2D eigenvalue weighted by atomic mass is 16.6. The Labute approximate surface area is 200 Å². The lowest BCUT2D eigenvalue weighted by molar-refractivity contribution is 0.0752. The molecule has 1 unspecified atom stereocenters. The van der Waals surface area contributed by atoms with Crippen LogP contribution in [0, 0.1) is 0 Å². The zero-order valence-electron chi connectivity index (χ0n) is 20.0. The number of carbonyl (C=O) groups is 1. The van der Waals surface area contributed by atoms with E-state index in [0.717, 1.165) is 36.8 Å². The normalized spacial score (nSPS) is 24.6. The number of nitrogens with one attached hydrogen (secondary N) is 1. The van der Waals surface area contributed by atoms with Gasteiger partial charge in [0.15, 0.2) is 5.82 Å². The monoisotopic (exact) mass is 460 g/mol. The van der Waals surface area contributed by atoms with Gasteiger partial charge in [0.25, 0.3) is 5.56 Å². The summed E-state index contributed by atoms with van der Waals surface area (Å²) in [6, 6.07) is 3.51. The summed E-state index contributed by atoms with van der Waals surface area (Å²) in [5, 5.41) is 0. The molecule has 0 bridgehead atoms. The summed E-state index contributed by atoms with van der Waals surface area (Å²) in [6.45, 7) is 10.1. The Bertz CT molecular complexity index is 1160. The summed E-state index contributed by atoms with van der Waals surface area (Å²) in [7, 11) is 0. The maximum Gasteiger partial charge on any atom is 0.411 e. The molecule has 2 aromatic rings. The lowest BCUT2D eigenvalue weighted by Crippen LogP contribution is -2.48. The smallest absolute Gasteiger partial charge is 0.411 e. The van der Waals surface area contributed by atoms with Crippen LogP contribution in [0.1, 0.15) is 57.9 Å².